The topological polar surface area (TPSA) is 82.6 Å². The Morgan fingerprint density at radius 3 is 2.85 bits per heavy atom. The van der Waals surface area contributed by atoms with Crippen LogP contribution < -0.4 is 4.90 Å². The third-order valence-electron chi connectivity index (χ3n) is 3.65. The van der Waals surface area contributed by atoms with Crippen LogP contribution in [0.15, 0.2) is 34.9 Å². The molecule has 0 radical (unpaired) electrons. The highest BCUT2D eigenvalue weighted by molar-refractivity contribution is 5.54. The van der Waals surface area contributed by atoms with E-state index in [9.17, 15) is 10.2 Å². The normalized spacial score (nSPS) is 23.0. The van der Waals surface area contributed by atoms with Gasteiger partial charge in [-0.05, 0) is 23.7 Å². The van der Waals surface area contributed by atoms with Crippen LogP contribution in [0.1, 0.15) is 6.42 Å². The molecule has 0 saturated carbocycles. The number of hydrogen-bond donors (Lipinski definition) is 2. The molecule has 1 saturated heterocycles. The van der Waals surface area contributed by atoms with E-state index in [0.29, 0.717) is 31.3 Å². The van der Waals surface area contributed by atoms with Crippen LogP contribution in [-0.4, -0.2) is 46.2 Å². The molecule has 20 heavy (non-hydrogen) atoms. The van der Waals surface area contributed by atoms with Crippen molar-refractivity contribution in [1.82, 2.24) is 10.1 Å². The van der Waals surface area contributed by atoms with Crippen LogP contribution in [0, 0.1) is 5.92 Å². The molecule has 2 N–H and O–H groups in total. The molecule has 2 atom stereocenters. The van der Waals surface area contributed by atoms with Crippen LogP contribution in [0.5, 0.6) is 0 Å². The SMILES string of the molecule is OC[C@@H]1CN(c2noc(-c3ccccc3)n2)CC[C@@H]1O. The lowest BCUT2D eigenvalue weighted by atomic mass is 9.96. The minimum atomic E-state index is -0.461. The molecule has 0 amide bonds. The van der Waals surface area contributed by atoms with Crippen LogP contribution >= 0.6 is 0 Å². The van der Waals surface area contributed by atoms with Crippen molar-refractivity contribution in [1.29, 1.82) is 0 Å². The highest BCUT2D eigenvalue weighted by Crippen LogP contribution is 2.24. The number of hydrogen-bond acceptors (Lipinski definition) is 6. The molecule has 1 aromatic carbocycles. The van der Waals surface area contributed by atoms with E-state index < -0.39 is 6.10 Å². The summed E-state index contributed by atoms with van der Waals surface area (Å²) in [4.78, 5) is 6.32. The standard InChI is InChI=1S/C14H17N3O3/c18-9-11-8-17(7-6-12(11)19)14-15-13(20-16-14)10-4-2-1-3-5-10/h1-5,11-12,18-19H,6-9H2/t11-,12-/m0/s1. The first-order chi connectivity index (χ1) is 9.78. The summed E-state index contributed by atoms with van der Waals surface area (Å²) < 4.78 is 5.27. The largest absolute Gasteiger partial charge is 0.396 e. The van der Waals surface area contributed by atoms with E-state index in [1.807, 2.05) is 35.2 Å². The van der Waals surface area contributed by atoms with Crippen LogP contribution in [0.4, 0.5) is 5.95 Å². The van der Waals surface area contributed by atoms with Gasteiger partial charge in [0, 0.05) is 24.6 Å². The van der Waals surface area contributed by atoms with Gasteiger partial charge in [-0.25, -0.2) is 0 Å². The van der Waals surface area contributed by atoms with Crippen LogP contribution in [-0.2, 0) is 0 Å². The second-order valence-corrected chi connectivity index (χ2v) is 5.01. The maximum Gasteiger partial charge on any atom is 0.266 e. The average Bonchev–Trinajstić information content (AvgIpc) is 2.98. The molecule has 2 aromatic rings. The molecule has 0 spiro atoms. The summed E-state index contributed by atoms with van der Waals surface area (Å²) in [5, 5.41) is 23.0. The fraction of sp³-hybridized carbons (Fsp3) is 0.429. The zero-order valence-electron chi connectivity index (χ0n) is 11.0. The van der Waals surface area contributed by atoms with Crippen molar-refractivity contribution in [3.8, 4) is 11.5 Å². The number of piperidine rings is 1. The monoisotopic (exact) mass is 275 g/mol. The molecule has 2 heterocycles. The van der Waals surface area contributed by atoms with Crippen LogP contribution in [0.2, 0.25) is 0 Å². The van der Waals surface area contributed by atoms with E-state index >= 15 is 0 Å². The summed E-state index contributed by atoms with van der Waals surface area (Å²) in [6.07, 6.45) is 0.136. The van der Waals surface area contributed by atoms with Gasteiger partial charge in [0.25, 0.3) is 11.8 Å². The molecular formula is C14H17N3O3. The molecule has 1 aromatic heterocycles. The second-order valence-electron chi connectivity index (χ2n) is 5.01. The van der Waals surface area contributed by atoms with E-state index in [-0.39, 0.29) is 12.5 Å². The van der Waals surface area contributed by atoms with Gasteiger partial charge < -0.3 is 19.6 Å². The lowest BCUT2D eigenvalue weighted by Crippen LogP contribution is -2.45. The fourth-order valence-electron chi connectivity index (χ4n) is 2.42. The summed E-state index contributed by atoms with van der Waals surface area (Å²) in [5.41, 5.74) is 0.877. The van der Waals surface area contributed by atoms with Gasteiger partial charge in [0.05, 0.1) is 12.7 Å². The van der Waals surface area contributed by atoms with Crippen LogP contribution in [0.25, 0.3) is 11.5 Å². The Bertz CT molecular complexity index is 558. The van der Waals surface area contributed by atoms with Gasteiger partial charge in [0.15, 0.2) is 0 Å². The zero-order chi connectivity index (χ0) is 13.9. The van der Waals surface area contributed by atoms with Crippen molar-refractivity contribution in [2.24, 2.45) is 5.92 Å². The van der Waals surface area contributed by atoms with E-state index in [0.717, 1.165) is 5.56 Å². The molecular weight excluding hydrogens is 258 g/mol. The first kappa shape index (κ1) is 13.1. The van der Waals surface area contributed by atoms with Crippen molar-refractivity contribution in [3.05, 3.63) is 30.3 Å². The number of benzene rings is 1. The van der Waals surface area contributed by atoms with Crippen molar-refractivity contribution >= 4 is 5.95 Å². The maximum atomic E-state index is 9.77. The van der Waals surface area contributed by atoms with Crippen molar-refractivity contribution in [2.45, 2.75) is 12.5 Å². The third-order valence-corrected chi connectivity index (χ3v) is 3.65. The number of nitrogens with zero attached hydrogens (tertiary/aromatic N) is 3. The summed E-state index contributed by atoms with van der Waals surface area (Å²) in [6, 6.07) is 9.58. The van der Waals surface area contributed by atoms with Gasteiger partial charge in [0.2, 0.25) is 0 Å². The van der Waals surface area contributed by atoms with E-state index in [4.69, 9.17) is 4.52 Å². The van der Waals surface area contributed by atoms with Crippen LogP contribution in [0.3, 0.4) is 0 Å². The van der Waals surface area contributed by atoms with Gasteiger partial charge in [-0.15, -0.1) is 0 Å². The zero-order valence-corrected chi connectivity index (χ0v) is 11.0. The Hall–Kier alpha value is -1.92. The highest BCUT2D eigenvalue weighted by atomic mass is 16.5. The molecule has 0 unspecified atom stereocenters. The molecule has 0 bridgehead atoms. The third kappa shape index (κ3) is 2.52. The van der Waals surface area contributed by atoms with Gasteiger partial charge >= 0.3 is 0 Å². The first-order valence-corrected chi connectivity index (χ1v) is 6.71. The Morgan fingerprint density at radius 1 is 1.30 bits per heavy atom. The lowest BCUT2D eigenvalue weighted by molar-refractivity contribution is 0.0521. The molecule has 6 nitrogen and oxygen atoms in total. The Balaban J connectivity index is 1.77. The van der Waals surface area contributed by atoms with E-state index in [1.54, 1.807) is 0 Å². The molecule has 106 valence electrons. The summed E-state index contributed by atoms with van der Waals surface area (Å²) in [5.74, 6) is 0.823. The maximum absolute atomic E-state index is 9.77. The fourth-order valence-corrected chi connectivity index (χ4v) is 2.42. The predicted molar refractivity (Wildman–Crippen MR) is 73.1 cm³/mol. The van der Waals surface area contributed by atoms with Crippen molar-refractivity contribution in [3.63, 3.8) is 0 Å². The Kier molecular flexibility index (Phi) is 3.66. The average molecular weight is 275 g/mol. The molecule has 1 aliphatic heterocycles. The Labute approximate surface area is 116 Å². The van der Waals surface area contributed by atoms with Crippen molar-refractivity contribution in [2.75, 3.05) is 24.6 Å². The minimum absolute atomic E-state index is 0.0406. The number of anilines is 1. The first-order valence-electron chi connectivity index (χ1n) is 6.71. The predicted octanol–water partition coefficient (Wildman–Crippen LogP) is 0.916. The van der Waals surface area contributed by atoms with E-state index in [2.05, 4.69) is 10.1 Å². The minimum Gasteiger partial charge on any atom is -0.396 e. The highest BCUT2D eigenvalue weighted by Gasteiger charge is 2.29. The van der Waals surface area contributed by atoms with Gasteiger partial charge in [0.1, 0.15) is 0 Å². The molecule has 1 fully saturated rings. The van der Waals surface area contributed by atoms with Crippen molar-refractivity contribution < 1.29 is 14.7 Å². The van der Waals surface area contributed by atoms with Gasteiger partial charge in [-0.3, -0.25) is 0 Å². The summed E-state index contributed by atoms with van der Waals surface area (Å²) in [7, 11) is 0. The number of aliphatic hydroxyl groups excluding tert-OH is 2. The van der Waals surface area contributed by atoms with E-state index in [1.165, 1.54) is 0 Å². The smallest absolute Gasteiger partial charge is 0.266 e. The summed E-state index contributed by atoms with van der Waals surface area (Å²) >= 11 is 0. The number of aromatic nitrogens is 2. The Morgan fingerprint density at radius 2 is 2.10 bits per heavy atom. The van der Waals surface area contributed by atoms with Gasteiger partial charge in [-0.2, -0.15) is 4.98 Å². The number of rotatable bonds is 3. The summed E-state index contributed by atoms with van der Waals surface area (Å²) in [6.45, 7) is 1.15. The number of aliphatic hydroxyl groups is 2. The van der Waals surface area contributed by atoms with Gasteiger partial charge in [-0.1, -0.05) is 18.2 Å². The molecule has 1 aliphatic rings. The molecule has 0 aliphatic carbocycles. The lowest BCUT2D eigenvalue weighted by Gasteiger charge is -2.34. The molecule has 3 rings (SSSR count). The molecule has 6 heteroatoms. The second kappa shape index (κ2) is 5.60. The quantitative estimate of drug-likeness (QED) is 0.866.